The molecule has 1 fully saturated rings. The molecular weight excluding hydrogens is 246 g/mol. The van der Waals surface area contributed by atoms with Crippen LogP contribution in [0.25, 0.3) is 0 Å². The van der Waals surface area contributed by atoms with Gasteiger partial charge in [-0.15, -0.1) is 0 Å². The summed E-state index contributed by atoms with van der Waals surface area (Å²) >= 11 is 3.43. The molecule has 0 saturated carbocycles. The van der Waals surface area contributed by atoms with E-state index in [-0.39, 0.29) is 11.8 Å². The maximum absolute atomic E-state index is 9.25. The van der Waals surface area contributed by atoms with E-state index in [4.69, 9.17) is 4.74 Å². The fraction of sp³-hybridized carbons (Fsp3) is 0.400. The molecule has 3 nitrogen and oxygen atoms in total. The average molecular weight is 258 g/mol. The Morgan fingerprint density at radius 2 is 2.36 bits per heavy atom. The SMILES string of the molecule is Oc1ccc(C2COCCN2)c(Br)c1. The summed E-state index contributed by atoms with van der Waals surface area (Å²) in [6.45, 7) is 2.33. The second-order valence-corrected chi connectivity index (χ2v) is 4.14. The molecule has 1 aliphatic rings. The van der Waals surface area contributed by atoms with Crippen molar-refractivity contribution in [3.63, 3.8) is 0 Å². The number of halogens is 1. The first-order chi connectivity index (χ1) is 6.77. The van der Waals surface area contributed by atoms with Crippen LogP contribution in [0.5, 0.6) is 5.75 Å². The molecule has 1 unspecified atom stereocenters. The minimum atomic E-state index is 0.221. The maximum Gasteiger partial charge on any atom is 0.116 e. The number of rotatable bonds is 1. The van der Waals surface area contributed by atoms with Gasteiger partial charge in [0.15, 0.2) is 0 Å². The summed E-state index contributed by atoms with van der Waals surface area (Å²) in [7, 11) is 0. The van der Waals surface area contributed by atoms with Gasteiger partial charge in [0, 0.05) is 11.0 Å². The van der Waals surface area contributed by atoms with Gasteiger partial charge in [0.1, 0.15) is 5.75 Å². The first-order valence-electron chi connectivity index (χ1n) is 4.57. The molecule has 1 aliphatic heterocycles. The average Bonchev–Trinajstić information content (AvgIpc) is 2.19. The van der Waals surface area contributed by atoms with Gasteiger partial charge >= 0.3 is 0 Å². The van der Waals surface area contributed by atoms with Crippen LogP contribution in [0, 0.1) is 0 Å². The highest BCUT2D eigenvalue weighted by Gasteiger charge is 2.17. The Balaban J connectivity index is 2.22. The molecular formula is C10H12BrNO2. The number of ether oxygens (including phenoxy) is 1. The van der Waals surface area contributed by atoms with E-state index in [9.17, 15) is 5.11 Å². The highest BCUT2D eigenvalue weighted by molar-refractivity contribution is 9.10. The van der Waals surface area contributed by atoms with Gasteiger partial charge in [-0.05, 0) is 17.7 Å². The van der Waals surface area contributed by atoms with Gasteiger partial charge in [0.05, 0.1) is 19.3 Å². The van der Waals surface area contributed by atoms with E-state index in [1.165, 1.54) is 0 Å². The highest BCUT2D eigenvalue weighted by Crippen LogP contribution is 2.28. The van der Waals surface area contributed by atoms with Crippen LogP contribution < -0.4 is 5.32 Å². The molecule has 4 heteroatoms. The number of hydrogen-bond acceptors (Lipinski definition) is 3. The smallest absolute Gasteiger partial charge is 0.116 e. The van der Waals surface area contributed by atoms with Gasteiger partial charge in [-0.3, -0.25) is 0 Å². The summed E-state index contributed by atoms with van der Waals surface area (Å²) in [5, 5.41) is 12.6. The number of phenolic OH excluding ortho intramolecular Hbond substituents is 1. The van der Waals surface area contributed by atoms with Gasteiger partial charge in [0.25, 0.3) is 0 Å². The number of benzene rings is 1. The van der Waals surface area contributed by atoms with Gasteiger partial charge in [-0.2, -0.15) is 0 Å². The van der Waals surface area contributed by atoms with Crippen LogP contribution in [0.1, 0.15) is 11.6 Å². The van der Waals surface area contributed by atoms with Gasteiger partial charge in [-0.25, -0.2) is 0 Å². The second-order valence-electron chi connectivity index (χ2n) is 3.29. The summed E-state index contributed by atoms with van der Waals surface area (Å²) in [6, 6.07) is 5.52. The van der Waals surface area contributed by atoms with Crippen molar-refractivity contribution >= 4 is 15.9 Å². The molecule has 0 aromatic heterocycles. The Bertz CT molecular complexity index is 324. The van der Waals surface area contributed by atoms with E-state index in [0.29, 0.717) is 6.61 Å². The van der Waals surface area contributed by atoms with Gasteiger partial charge in [-0.1, -0.05) is 22.0 Å². The monoisotopic (exact) mass is 257 g/mol. The normalized spacial score (nSPS) is 22.2. The lowest BCUT2D eigenvalue weighted by Crippen LogP contribution is -2.34. The first kappa shape index (κ1) is 9.96. The third kappa shape index (κ3) is 2.08. The lowest BCUT2D eigenvalue weighted by atomic mass is 10.1. The van der Waals surface area contributed by atoms with Crippen molar-refractivity contribution in [2.24, 2.45) is 0 Å². The quantitative estimate of drug-likeness (QED) is 0.807. The predicted molar refractivity (Wildman–Crippen MR) is 57.4 cm³/mol. The zero-order chi connectivity index (χ0) is 9.97. The summed E-state index contributed by atoms with van der Waals surface area (Å²) in [5.74, 6) is 0.275. The summed E-state index contributed by atoms with van der Waals surface area (Å²) in [5.41, 5.74) is 1.13. The third-order valence-electron chi connectivity index (χ3n) is 2.28. The molecule has 2 N–H and O–H groups in total. The minimum absolute atomic E-state index is 0.221. The molecule has 14 heavy (non-hydrogen) atoms. The third-order valence-corrected chi connectivity index (χ3v) is 2.97. The number of morpholine rings is 1. The Labute approximate surface area is 91.2 Å². The van der Waals surface area contributed by atoms with Crippen LogP contribution in [-0.4, -0.2) is 24.9 Å². The lowest BCUT2D eigenvalue weighted by Gasteiger charge is -2.25. The van der Waals surface area contributed by atoms with Gasteiger partial charge < -0.3 is 15.2 Å². The van der Waals surface area contributed by atoms with E-state index < -0.39 is 0 Å². The van der Waals surface area contributed by atoms with Gasteiger partial charge in [0.2, 0.25) is 0 Å². The standard InChI is InChI=1S/C10H12BrNO2/c11-9-5-7(13)1-2-8(9)10-6-14-4-3-12-10/h1-2,5,10,12-13H,3-4,6H2. The molecule has 1 atom stereocenters. The van der Waals surface area contributed by atoms with Crippen molar-refractivity contribution in [1.29, 1.82) is 0 Å². The lowest BCUT2D eigenvalue weighted by molar-refractivity contribution is 0.0766. The number of aromatic hydroxyl groups is 1. The Kier molecular flexibility index (Phi) is 3.05. The minimum Gasteiger partial charge on any atom is -0.508 e. The van der Waals surface area contributed by atoms with E-state index in [0.717, 1.165) is 23.2 Å². The Hall–Kier alpha value is -0.580. The molecule has 0 radical (unpaired) electrons. The fourth-order valence-corrected chi connectivity index (χ4v) is 2.21. The van der Waals surface area contributed by atoms with Crippen LogP contribution in [-0.2, 0) is 4.74 Å². The predicted octanol–water partition coefficient (Wildman–Crippen LogP) is 1.82. The van der Waals surface area contributed by atoms with Crippen LogP contribution in [0.15, 0.2) is 22.7 Å². The van der Waals surface area contributed by atoms with E-state index in [1.807, 2.05) is 6.07 Å². The highest BCUT2D eigenvalue weighted by atomic mass is 79.9. The van der Waals surface area contributed by atoms with Crippen LogP contribution in [0.3, 0.4) is 0 Å². The molecule has 1 aromatic carbocycles. The molecule has 0 aliphatic carbocycles. The molecule has 1 saturated heterocycles. The summed E-state index contributed by atoms with van der Waals surface area (Å²) in [6.07, 6.45) is 0. The molecule has 0 bridgehead atoms. The number of nitrogens with one attached hydrogen (secondary N) is 1. The topological polar surface area (TPSA) is 41.5 Å². The molecule has 2 rings (SSSR count). The Morgan fingerprint density at radius 1 is 1.50 bits per heavy atom. The number of hydrogen-bond donors (Lipinski definition) is 2. The van der Waals surface area contributed by atoms with Crippen molar-refractivity contribution in [2.75, 3.05) is 19.8 Å². The molecule has 76 valence electrons. The van der Waals surface area contributed by atoms with E-state index in [2.05, 4.69) is 21.2 Å². The van der Waals surface area contributed by atoms with Crippen molar-refractivity contribution < 1.29 is 9.84 Å². The molecule has 0 amide bonds. The van der Waals surface area contributed by atoms with Crippen molar-refractivity contribution in [3.05, 3.63) is 28.2 Å². The molecule has 1 aromatic rings. The van der Waals surface area contributed by atoms with E-state index >= 15 is 0 Å². The second kappa shape index (κ2) is 4.29. The zero-order valence-electron chi connectivity index (χ0n) is 7.66. The van der Waals surface area contributed by atoms with Crippen molar-refractivity contribution in [3.8, 4) is 5.75 Å². The van der Waals surface area contributed by atoms with Crippen molar-refractivity contribution in [2.45, 2.75) is 6.04 Å². The summed E-state index contributed by atoms with van der Waals surface area (Å²) in [4.78, 5) is 0. The van der Waals surface area contributed by atoms with Crippen molar-refractivity contribution in [1.82, 2.24) is 5.32 Å². The number of phenols is 1. The molecule has 0 spiro atoms. The Morgan fingerprint density at radius 3 is 3.00 bits per heavy atom. The summed E-state index contributed by atoms with van der Waals surface area (Å²) < 4.78 is 6.29. The van der Waals surface area contributed by atoms with Crippen LogP contribution in [0.4, 0.5) is 0 Å². The zero-order valence-corrected chi connectivity index (χ0v) is 9.25. The largest absolute Gasteiger partial charge is 0.508 e. The fourth-order valence-electron chi connectivity index (χ4n) is 1.56. The molecule has 1 heterocycles. The maximum atomic E-state index is 9.25. The van der Waals surface area contributed by atoms with E-state index in [1.54, 1.807) is 12.1 Å². The van der Waals surface area contributed by atoms with Crippen LogP contribution >= 0.6 is 15.9 Å². The van der Waals surface area contributed by atoms with Crippen LogP contribution in [0.2, 0.25) is 0 Å². The first-order valence-corrected chi connectivity index (χ1v) is 5.36.